The van der Waals surface area contributed by atoms with Crippen molar-refractivity contribution in [2.24, 2.45) is 0 Å². The molecule has 6 heteroatoms. The van der Waals surface area contributed by atoms with Crippen LogP contribution in [-0.2, 0) is 9.59 Å². The van der Waals surface area contributed by atoms with Crippen LogP contribution >= 0.6 is 0 Å². The summed E-state index contributed by atoms with van der Waals surface area (Å²) in [6, 6.07) is 19.1. The van der Waals surface area contributed by atoms with Crippen LogP contribution in [0.5, 0.6) is 11.5 Å². The lowest BCUT2D eigenvalue weighted by molar-refractivity contribution is -0.132. The number of ether oxygens (including phenoxy) is 2. The van der Waals surface area contributed by atoms with Gasteiger partial charge in [-0.2, -0.15) is 0 Å². The van der Waals surface area contributed by atoms with E-state index in [1.807, 2.05) is 57.2 Å². The molecule has 1 atom stereocenters. The van der Waals surface area contributed by atoms with Crippen molar-refractivity contribution in [3.05, 3.63) is 94.6 Å². The van der Waals surface area contributed by atoms with Gasteiger partial charge in [0, 0.05) is 11.3 Å². The van der Waals surface area contributed by atoms with Crippen LogP contribution in [0, 0.1) is 13.8 Å². The number of aliphatic hydroxyl groups is 1. The molecule has 34 heavy (non-hydrogen) atoms. The predicted octanol–water partition coefficient (Wildman–Crippen LogP) is 5.34. The average molecular weight is 458 g/mol. The summed E-state index contributed by atoms with van der Waals surface area (Å²) >= 11 is 0. The zero-order valence-corrected chi connectivity index (χ0v) is 19.7. The number of hydrogen-bond acceptors (Lipinski definition) is 5. The van der Waals surface area contributed by atoms with Crippen molar-refractivity contribution in [2.45, 2.75) is 26.8 Å². The molecule has 1 N–H and O–H groups in total. The molecule has 1 heterocycles. The molecule has 3 aromatic carbocycles. The van der Waals surface area contributed by atoms with Crippen molar-refractivity contribution >= 4 is 23.1 Å². The van der Waals surface area contributed by atoms with Crippen LogP contribution in [-0.4, -0.2) is 30.5 Å². The summed E-state index contributed by atoms with van der Waals surface area (Å²) in [5.74, 6) is -0.272. The van der Waals surface area contributed by atoms with E-state index in [-0.39, 0.29) is 11.3 Å². The van der Waals surface area contributed by atoms with Crippen molar-refractivity contribution in [1.82, 2.24) is 0 Å². The van der Waals surface area contributed by atoms with Gasteiger partial charge < -0.3 is 14.6 Å². The number of methoxy groups -OCH3 is 1. The second-order valence-corrected chi connectivity index (χ2v) is 8.14. The van der Waals surface area contributed by atoms with Crippen molar-refractivity contribution in [1.29, 1.82) is 0 Å². The molecule has 0 saturated carbocycles. The number of anilines is 1. The lowest BCUT2D eigenvalue weighted by Gasteiger charge is -2.25. The van der Waals surface area contributed by atoms with E-state index >= 15 is 0 Å². The minimum absolute atomic E-state index is 0.0535. The number of hydrogen-bond donors (Lipinski definition) is 1. The third-order valence-electron chi connectivity index (χ3n) is 5.98. The van der Waals surface area contributed by atoms with Gasteiger partial charge in [0.05, 0.1) is 25.3 Å². The maximum absolute atomic E-state index is 13.3. The molecule has 4 rings (SSSR count). The van der Waals surface area contributed by atoms with Gasteiger partial charge in [0.15, 0.2) is 0 Å². The third kappa shape index (κ3) is 4.03. The fourth-order valence-electron chi connectivity index (χ4n) is 4.33. The second-order valence-electron chi connectivity index (χ2n) is 8.14. The highest BCUT2D eigenvalue weighted by atomic mass is 16.5. The highest BCUT2D eigenvalue weighted by Crippen LogP contribution is 2.43. The molecule has 6 nitrogen and oxygen atoms in total. The molecule has 0 spiro atoms. The van der Waals surface area contributed by atoms with Gasteiger partial charge in [0.1, 0.15) is 17.3 Å². The monoisotopic (exact) mass is 457 g/mol. The second kappa shape index (κ2) is 9.43. The van der Waals surface area contributed by atoms with E-state index in [9.17, 15) is 14.7 Å². The number of carbonyl (C=O) groups is 2. The van der Waals surface area contributed by atoms with E-state index in [0.717, 1.165) is 16.7 Å². The number of aliphatic hydroxyl groups excluding tert-OH is 1. The Kier molecular flexibility index (Phi) is 6.41. The summed E-state index contributed by atoms with van der Waals surface area (Å²) in [7, 11) is 1.58. The van der Waals surface area contributed by atoms with E-state index in [4.69, 9.17) is 9.47 Å². The Hall–Kier alpha value is -4.06. The summed E-state index contributed by atoms with van der Waals surface area (Å²) < 4.78 is 10.9. The van der Waals surface area contributed by atoms with E-state index < -0.39 is 17.7 Å². The quantitative estimate of drug-likeness (QED) is 0.307. The number of nitrogens with zero attached hydrogens (tertiary/aromatic N) is 1. The van der Waals surface area contributed by atoms with Crippen LogP contribution in [0.4, 0.5) is 5.69 Å². The topological polar surface area (TPSA) is 76.1 Å². The summed E-state index contributed by atoms with van der Waals surface area (Å²) in [5.41, 5.74) is 3.36. The van der Waals surface area contributed by atoms with Gasteiger partial charge >= 0.3 is 0 Å². The third-order valence-corrected chi connectivity index (χ3v) is 5.98. The van der Waals surface area contributed by atoms with Gasteiger partial charge in [-0.25, -0.2) is 0 Å². The summed E-state index contributed by atoms with van der Waals surface area (Å²) in [4.78, 5) is 28.0. The van der Waals surface area contributed by atoms with Crippen molar-refractivity contribution in [3.8, 4) is 11.5 Å². The van der Waals surface area contributed by atoms with Gasteiger partial charge in [-0.3, -0.25) is 14.5 Å². The number of aryl methyl sites for hydroxylation is 2. The number of rotatable bonds is 6. The summed E-state index contributed by atoms with van der Waals surface area (Å²) in [5, 5.41) is 11.4. The Labute approximate surface area is 199 Å². The highest BCUT2D eigenvalue weighted by Gasteiger charge is 2.47. The Morgan fingerprint density at radius 1 is 0.971 bits per heavy atom. The molecule has 1 fully saturated rings. The minimum Gasteiger partial charge on any atom is -0.507 e. The molecular weight excluding hydrogens is 430 g/mol. The number of benzene rings is 3. The lowest BCUT2D eigenvalue weighted by atomic mass is 9.93. The molecule has 1 unspecified atom stereocenters. The molecule has 0 radical (unpaired) electrons. The first-order chi connectivity index (χ1) is 16.4. The molecule has 174 valence electrons. The van der Waals surface area contributed by atoms with Crippen LogP contribution in [0.1, 0.15) is 35.2 Å². The first kappa shape index (κ1) is 23.1. The molecule has 0 aliphatic carbocycles. The molecule has 1 saturated heterocycles. The van der Waals surface area contributed by atoms with Gasteiger partial charge in [-0.1, -0.05) is 30.3 Å². The molecule has 3 aromatic rings. The molecule has 1 aliphatic heterocycles. The van der Waals surface area contributed by atoms with Crippen molar-refractivity contribution in [2.75, 3.05) is 18.6 Å². The molecule has 1 amide bonds. The normalized spacial score (nSPS) is 17.2. The standard InChI is InChI=1S/C28H27NO5/c1-5-34-21-13-11-20(12-14-21)29-25(19-9-7-6-8-10-19)24(27(31)28(29)32)26(30)22-15-18(3)23(33-4)16-17(22)2/h6-16,25,30H,5H2,1-4H3/b26-24+. The van der Waals surface area contributed by atoms with Crippen molar-refractivity contribution in [3.63, 3.8) is 0 Å². The Bertz CT molecular complexity index is 1260. The SMILES string of the molecule is CCOc1ccc(N2C(=O)C(=O)/C(=C(/O)c3cc(C)c(OC)cc3C)C2c2ccccc2)cc1. The van der Waals surface area contributed by atoms with Gasteiger partial charge in [0.25, 0.3) is 11.7 Å². The molecule has 0 bridgehead atoms. The van der Waals surface area contributed by atoms with E-state index in [0.29, 0.717) is 29.4 Å². The first-order valence-corrected chi connectivity index (χ1v) is 11.1. The zero-order valence-electron chi connectivity index (χ0n) is 19.7. The lowest BCUT2D eigenvalue weighted by Crippen LogP contribution is -2.29. The largest absolute Gasteiger partial charge is 0.507 e. The Morgan fingerprint density at radius 3 is 2.26 bits per heavy atom. The first-order valence-electron chi connectivity index (χ1n) is 11.1. The summed E-state index contributed by atoms with van der Waals surface area (Å²) in [6.07, 6.45) is 0. The predicted molar refractivity (Wildman–Crippen MR) is 131 cm³/mol. The average Bonchev–Trinajstić information content (AvgIpc) is 3.11. The van der Waals surface area contributed by atoms with E-state index in [1.165, 1.54) is 4.90 Å². The molecule has 1 aliphatic rings. The summed E-state index contributed by atoms with van der Waals surface area (Å²) in [6.45, 7) is 6.11. The van der Waals surface area contributed by atoms with Crippen LogP contribution in [0.25, 0.3) is 5.76 Å². The number of carbonyl (C=O) groups excluding carboxylic acids is 2. The van der Waals surface area contributed by atoms with Crippen LogP contribution in [0.2, 0.25) is 0 Å². The van der Waals surface area contributed by atoms with Gasteiger partial charge in [-0.05, 0) is 73.9 Å². The van der Waals surface area contributed by atoms with Crippen LogP contribution < -0.4 is 14.4 Å². The van der Waals surface area contributed by atoms with Crippen LogP contribution in [0.15, 0.2) is 72.3 Å². The van der Waals surface area contributed by atoms with Crippen molar-refractivity contribution < 1.29 is 24.2 Å². The van der Waals surface area contributed by atoms with E-state index in [1.54, 1.807) is 37.4 Å². The fraction of sp³-hybridized carbons (Fsp3) is 0.214. The zero-order chi connectivity index (χ0) is 24.4. The van der Waals surface area contributed by atoms with E-state index in [2.05, 4.69) is 0 Å². The number of Topliss-reactive ketones (excluding diaryl/α,β-unsaturated/α-hetero) is 1. The highest BCUT2D eigenvalue weighted by molar-refractivity contribution is 6.51. The van der Waals surface area contributed by atoms with Gasteiger partial charge in [0.2, 0.25) is 0 Å². The number of amides is 1. The number of ketones is 1. The Balaban J connectivity index is 1.91. The van der Waals surface area contributed by atoms with Gasteiger partial charge in [-0.15, -0.1) is 0 Å². The van der Waals surface area contributed by atoms with Crippen LogP contribution in [0.3, 0.4) is 0 Å². The smallest absolute Gasteiger partial charge is 0.300 e. The maximum atomic E-state index is 13.3. The Morgan fingerprint density at radius 2 is 1.65 bits per heavy atom. The maximum Gasteiger partial charge on any atom is 0.300 e. The molecular formula is C28H27NO5. The fourth-order valence-corrected chi connectivity index (χ4v) is 4.33. The molecule has 0 aromatic heterocycles. The minimum atomic E-state index is -0.777.